The molecular weight excluding hydrogens is 360 g/mol. The van der Waals surface area contributed by atoms with Gasteiger partial charge in [-0.2, -0.15) is 0 Å². The molecule has 0 N–H and O–H groups in total. The molecule has 7 heteroatoms. The molecule has 2 aliphatic heterocycles. The molecule has 0 saturated carbocycles. The third-order valence-electron chi connectivity index (χ3n) is 5.03. The summed E-state index contributed by atoms with van der Waals surface area (Å²) in [5.41, 5.74) is 2.71. The summed E-state index contributed by atoms with van der Waals surface area (Å²) >= 11 is 1.80. The second-order valence-corrected chi connectivity index (χ2v) is 8.20. The second kappa shape index (κ2) is 9.01. The number of thiazole rings is 1. The van der Waals surface area contributed by atoms with Crippen LogP contribution in [0.15, 0.2) is 30.5 Å². The normalized spacial score (nSPS) is 18.3. The molecule has 0 atom stereocenters. The first-order valence-electron chi connectivity index (χ1n) is 9.66. The summed E-state index contributed by atoms with van der Waals surface area (Å²) < 4.78 is 10.9. The highest BCUT2D eigenvalue weighted by Gasteiger charge is 2.17. The van der Waals surface area contributed by atoms with Crippen molar-refractivity contribution in [2.75, 3.05) is 69.5 Å². The Bertz CT molecular complexity index is 726. The van der Waals surface area contributed by atoms with Crippen LogP contribution in [0.1, 0.15) is 10.4 Å². The van der Waals surface area contributed by atoms with Crippen molar-refractivity contribution in [1.29, 1.82) is 0 Å². The zero-order valence-electron chi connectivity index (χ0n) is 16.0. The average molecular weight is 389 g/mol. The van der Waals surface area contributed by atoms with Gasteiger partial charge in [-0.05, 0) is 18.7 Å². The third kappa shape index (κ3) is 4.79. The Hall–Kier alpha value is -1.67. The predicted octanol–water partition coefficient (Wildman–Crippen LogP) is 2.45. The van der Waals surface area contributed by atoms with Gasteiger partial charge in [-0.15, -0.1) is 11.3 Å². The lowest BCUT2D eigenvalue weighted by Gasteiger charge is -2.31. The lowest BCUT2D eigenvalue weighted by Crippen LogP contribution is -2.37. The first-order chi connectivity index (χ1) is 13.3. The maximum atomic E-state index is 5.50. The summed E-state index contributed by atoms with van der Waals surface area (Å²) in [6.07, 6.45) is 2.03. The quantitative estimate of drug-likeness (QED) is 0.757. The first kappa shape index (κ1) is 18.7. The molecule has 4 rings (SSSR count). The number of benzene rings is 1. The van der Waals surface area contributed by atoms with Crippen LogP contribution in [0.2, 0.25) is 0 Å². The van der Waals surface area contributed by atoms with Gasteiger partial charge in [-0.3, -0.25) is 4.90 Å². The minimum Gasteiger partial charge on any atom is -0.378 e. The lowest BCUT2D eigenvalue weighted by molar-refractivity contribution is 0.122. The standard InChI is InChI=1S/C20H28N4O2S/c1-22(16-18-14-21-20(27-18)24-8-12-26-13-9-24)15-17-4-2-3-5-19(17)23-6-10-25-11-7-23/h2-5,14H,6-13,15-16H2,1H3. The Morgan fingerprint density at radius 2 is 1.63 bits per heavy atom. The molecule has 2 aromatic rings. The van der Waals surface area contributed by atoms with Crippen LogP contribution >= 0.6 is 11.3 Å². The number of nitrogens with zero attached hydrogens (tertiary/aromatic N) is 4. The number of hydrogen-bond donors (Lipinski definition) is 0. The van der Waals surface area contributed by atoms with Crippen molar-refractivity contribution in [3.05, 3.63) is 40.9 Å². The number of rotatable bonds is 6. The maximum absolute atomic E-state index is 5.50. The van der Waals surface area contributed by atoms with E-state index >= 15 is 0 Å². The van der Waals surface area contributed by atoms with E-state index in [1.165, 1.54) is 16.1 Å². The highest BCUT2D eigenvalue weighted by atomic mass is 32.1. The van der Waals surface area contributed by atoms with Gasteiger partial charge in [0.05, 0.1) is 26.4 Å². The molecule has 2 fully saturated rings. The number of morpholine rings is 2. The Balaban J connectivity index is 1.38. The summed E-state index contributed by atoms with van der Waals surface area (Å²) in [5.74, 6) is 0. The Kier molecular flexibility index (Phi) is 6.24. The Morgan fingerprint density at radius 3 is 2.37 bits per heavy atom. The molecule has 2 saturated heterocycles. The van der Waals surface area contributed by atoms with Gasteiger partial charge in [0, 0.05) is 56.0 Å². The largest absolute Gasteiger partial charge is 0.378 e. The van der Waals surface area contributed by atoms with E-state index in [-0.39, 0.29) is 0 Å². The van der Waals surface area contributed by atoms with Crippen molar-refractivity contribution in [3.8, 4) is 0 Å². The summed E-state index contributed by atoms with van der Waals surface area (Å²) in [7, 11) is 2.18. The molecule has 0 aliphatic carbocycles. The van der Waals surface area contributed by atoms with E-state index < -0.39 is 0 Å². The van der Waals surface area contributed by atoms with Crippen LogP contribution in [-0.4, -0.2) is 69.5 Å². The zero-order valence-corrected chi connectivity index (χ0v) is 16.8. The summed E-state index contributed by atoms with van der Waals surface area (Å²) in [4.78, 5) is 13.1. The van der Waals surface area contributed by atoms with E-state index in [9.17, 15) is 0 Å². The van der Waals surface area contributed by atoms with E-state index in [2.05, 4.69) is 51.0 Å². The first-order valence-corrected chi connectivity index (χ1v) is 10.5. The molecule has 0 radical (unpaired) electrons. The van der Waals surface area contributed by atoms with E-state index in [0.717, 1.165) is 70.8 Å². The molecule has 1 aromatic heterocycles. The van der Waals surface area contributed by atoms with E-state index in [0.29, 0.717) is 0 Å². The lowest BCUT2D eigenvalue weighted by atomic mass is 10.1. The van der Waals surface area contributed by atoms with Crippen LogP contribution in [0, 0.1) is 0 Å². The smallest absolute Gasteiger partial charge is 0.185 e. The molecule has 3 heterocycles. The Morgan fingerprint density at radius 1 is 0.963 bits per heavy atom. The fourth-order valence-electron chi connectivity index (χ4n) is 3.64. The number of anilines is 2. The van der Waals surface area contributed by atoms with E-state index in [1.54, 1.807) is 11.3 Å². The topological polar surface area (TPSA) is 41.1 Å². The van der Waals surface area contributed by atoms with Crippen molar-refractivity contribution in [3.63, 3.8) is 0 Å². The van der Waals surface area contributed by atoms with Crippen molar-refractivity contribution in [2.45, 2.75) is 13.1 Å². The van der Waals surface area contributed by atoms with Gasteiger partial charge in [-0.1, -0.05) is 18.2 Å². The van der Waals surface area contributed by atoms with Crippen molar-refractivity contribution < 1.29 is 9.47 Å². The number of hydrogen-bond acceptors (Lipinski definition) is 7. The molecule has 1 aromatic carbocycles. The highest BCUT2D eigenvalue weighted by Crippen LogP contribution is 2.26. The third-order valence-corrected chi connectivity index (χ3v) is 6.08. The monoisotopic (exact) mass is 388 g/mol. The minimum absolute atomic E-state index is 0.799. The van der Waals surface area contributed by atoms with Crippen molar-refractivity contribution in [2.24, 2.45) is 0 Å². The Labute approximate surface area is 165 Å². The molecule has 0 amide bonds. The fourth-order valence-corrected chi connectivity index (χ4v) is 4.68. The number of para-hydroxylation sites is 1. The fraction of sp³-hybridized carbons (Fsp3) is 0.550. The van der Waals surface area contributed by atoms with Crippen molar-refractivity contribution in [1.82, 2.24) is 9.88 Å². The van der Waals surface area contributed by atoms with Crippen LogP contribution in [0.3, 0.4) is 0 Å². The summed E-state index contributed by atoms with van der Waals surface area (Å²) in [6, 6.07) is 8.74. The van der Waals surface area contributed by atoms with E-state index in [1.807, 2.05) is 6.20 Å². The summed E-state index contributed by atoms with van der Waals surface area (Å²) in [5, 5.41) is 1.12. The molecular formula is C20H28N4O2S. The van der Waals surface area contributed by atoms with E-state index in [4.69, 9.17) is 9.47 Å². The predicted molar refractivity (Wildman–Crippen MR) is 110 cm³/mol. The zero-order chi connectivity index (χ0) is 18.5. The highest BCUT2D eigenvalue weighted by molar-refractivity contribution is 7.15. The second-order valence-electron chi connectivity index (χ2n) is 7.11. The maximum Gasteiger partial charge on any atom is 0.185 e. The molecule has 6 nitrogen and oxygen atoms in total. The van der Waals surface area contributed by atoms with Gasteiger partial charge in [0.2, 0.25) is 0 Å². The number of aromatic nitrogens is 1. The average Bonchev–Trinajstić information content (AvgIpc) is 3.18. The van der Waals surface area contributed by atoms with Gasteiger partial charge in [-0.25, -0.2) is 4.98 Å². The van der Waals surface area contributed by atoms with Crippen LogP contribution in [-0.2, 0) is 22.6 Å². The van der Waals surface area contributed by atoms with Crippen LogP contribution < -0.4 is 9.80 Å². The SMILES string of the molecule is CN(Cc1cnc(N2CCOCC2)s1)Cc1ccccc1N1CCOCC1. The molecule has 2 aliphatic rings. The molecule has 27 heavy (non-hydrogen) atoms. The van der Waals surface area contributed by atoms with Gasteiger partial charge in [0.1, 0.15) is 0 Å². The van der Waals surface area contributed by atoms with Crippen LogP contribution in [0.5, 0.6) is 0 Å². The minimum atomic E-state index is 0.799. The molecule has 0 unspecified atom stereocenters. The van der Waals surface area contributed by atoms with Gasteiger partial charge >= 0.3 is 0 Å². The van der Waals surface area contributed by atoms with Crippen molar-refractivity contribution >= 4 is 22.2 Å². The van der Waals surface area contributed by atoms with Crippen LogP contribution in [0.4, 0.5) is 10.8 Å². The van der Waals surface area contributed by atoms with Gasteiger partial charge in [0.25, 0.3) is 0 Å². The molecule has 0 bridgehead atoms. The molecule has 0 spiro atoms. The van der Waals surface area contributed by atoms with Gasteiger partial charge < -0.3 is 19.3 Å². The molecule has 146 valence electrons. The number of ether oxygens (including phenoxy) is 2. The van der Waals surface area contributed by atoms with Gasteiger partial charge in [0.15, 0.2) is 5.13 Å². The van der Waals surface area contributed by atoms with Crippen LogP contribution in [0.25, 0.3) is 0 Å². The summed E-state index contributed by atoms with van der Waals surface area (Å²) in [6.45, 7) is 8.89.